The van der Waals surface area contributed by atoms with Gasteiger partial charge in [0.1, 0.15) is 0 Å². The lowest BCUT2D eigenvalue weighted by Crippen LogP contribution is -2.52. The Morgan fingerprint density at radius 3 is 2.56 bits per heavy atom. The first kappa shape index (κ1) is 11.4. The SMILES string of the molecule is CCC1(CN2CCC(=O)NC2=O)CCCC1. The van der Waals surface area contributed by atoms with Gasteiger partial charge >= 0.3 is 6.03 Å². The maximum atomic E-state index is 11.6. The van der Waals surface area contributed by atoms with Crippen LogP contribution >= 0.6 is 0 Å². The molecule has 0 aromatic carbocycles. The number of hydrogen-bond donors (Lipinski definition) is 1. The molecule has 0 radical (unpaired) electrons. The molecule has 1 saturated heterocycles. The minimum Gasteiger partial charge on any atom is -0.323 e. The predicted octanol–water partition coefficient (Wildman–Crippen LogP) is 1.90. The molecular weight excluding hydrogens is 204 g/mol. The molecular formula is C12H20N2O2. The molecule has 1 heterocycles. The van der Waals surface area contributed by atoms with Crippen LogP contribution in [0.25, 0.3) is 0 Å². The van der Waals surface area contributed by atoms with Crippen LogP contribution in [0.2, 0.25) is 0 Å². The van der Waals surface area contributed by atoms with Crippen molar-refractivity contribution in [2.75, 3.05) is 13.1 Å². The van der Waals surface area contributed by atoms with Gasteiger partial charge in [0.2, 0.25) is 5.91 Å². The van der Waals surface area contributed by atoms with Crippen LogP contribution in [0.1, 0.15) is 45.4 Å². The zero-order chi connectivity index (χ0) is 11.6. The van der Waals surface area contributed by atoms with Gasteiger partial charge in [0, 0.05) is 19.5 Å². The van der Waals surface area contributed by atoms with Crippen LogP contribution in [0.3, 0.4) is 0 Å². The van der Waals surface area contributed by atoms with Gasteiger partial charge in [-0.05, 0) is 24.7 Å². The van der Waals surface area contributed by atoms with E-state index in [1.54, 1.807) is 0 Å². The standard InChI is InChI=1S/C12H20N2O2/c1-2-12(6-3-4-7-12)9-14-8-5-10(15)13-11(14)16/h2-9H2,1H3,(H,13,15,16). The van der Waals surface area contributed by atoms with E-state index < -0.39 is 0 Å². The van der Waals surface area contributed by atoms with Gasteiger partial charge in [0.05, 0.1) is 0 Å². The average Bonchev–Trinajstić information content (AvgIpc) is 2.72. The van der Waals surface area contributed by atoms with Gasteiger partial charge in [-0.25, -0.2) is 4.79 Å². The van der Waals surface area contributed by atoms with E-state index in [4.69, 9.17) is 0 Å². The summed E-state index contributed by atoms with van der Waals surface area (Å²) in [5.74, 6) is -0.141. The summed E-state index contributed by atoms with van der Waals surface area (Å²) >= 11 is 0. The molecule has 0 unspecified atom stereocenters. The lowest BCUT2D eigenvalue weighted by molar-refractivity contribution is -0.121. The molecule has 2 fully saturated rings. The maximum absolute atomic E-state index is 11.6. The fourth-order valence-electron chi connectivity index (χ4n) is 2.90. The van der Waals surface area contributed by atoms with Crippen molar-refractivity contribution in [2.24, 2.45) is 5.41 Å². The van der Waals surface area contributed by atoms with E-state index in [2.05, 4.69) is 12.2 Å². The van der Waals surface area contributed by atoms with Gasteiger partial charge in [-0.2, -0.15) is 0 Å². The highest BCUT2D eigenvalue weighted by atomic mass is 16.2. The molecule has 0 atom stereocenters. The highest BCUT2D eigenvalue weighted by Crippen LogP contribution is 2.41. The second kappa shape index (κ2) is 4.44. The van der Waals surface area contributed by atoms with Crippen molar-refractivity contribution in [1.82, 2.24) is 10.2 Å². The Morgan fingerprint density at radius 1 is 1.31 bits per heavy atom. The van der Waals surface area contributed by atoms with E-state index in [0.717, 1.165) is 13.0 Å². The summed E-state index contributed by atoms with van der Waals surface area (Å²) in [5.41, 5.74) is 0.317. The fraction of sp³-hybridized carbons (Fsp3) is 0.833. The summed E-state index contributed by atoms with van der Waals surface area (Å²) in [7, 11) is 0. The largest absolute Gasteiger partial charge is 0.324 e. The lowest BCUT2D eigenvalue weighted by Gasteiger charge is -2.36. The molecule has 16 heavy (non-hydrogen) atoms. The first-order chi connectivity index (χ1) is 7.65. The topological polar surface area (TPSA) is 49.4 Å². The van der Waals surface area contributed by atoms with Crippen LogP contribution in [0.5, 0.6) is 0 Å². The van der Waals surface area contributed by atoms with Crippen LogP contribution in [0, 0.1) is 5.41 Å². The smallest absolute Gasteiger partial charge is 0.323 e. The number of carbonyl (C=O) groups is 2. The number of amides is 3. The molecule has 0 bridgehead atoms. The van der Waals surface area contributed by atoms with Gasteiger partial charge in [0.25, 0.3) is 0 Å². The highest BCUT2D eigenvalue weighted by molar-refractivity contribution is 5.96. The van der Waals surface area contributed by atoms with Gasteiger partial charge in [-0.3, -0.25) is 10.1 Å². The number of nitrogens with one attached hydrogen (secondary N) is 1. The summed E-state index contributed by atoms with van der Waals surface area (Å²) in [4.78, 5) is 24.5. The van der Waals surface area contributed by atoms with Crippen molar-refractivity contribution in [3.63, 3.8) is 0 Å². The Kier molecular flexibility index (Phi) is 3.17. The molecule has 4 heteroatoms. The minimum absolute atomic E-state index is 0.141. The zero-order valence-corrected chi connectivity index (χ0v) is 9.92. The number of rotatable bonds is 3. The van der Waals surface area contributed by atoms with E-state index in [0.29, 0.717) is 18.4 Å². The minimum atomic E-state index is -0.198. The number of hydrogen-bond acceptors (Lipinski definition) is 2. The Morgan fingerprint density at radius 2 is 2.00 bits per heavy atom. The van der Waals surface area contributed by atoms with Crippen LogP contribution < -0.4 is 5.32 Å². The van der Waals surface area contributed by atoms with Crippen molar-refractivity contribution in [1.29, 1.82) is 0 Å². The lowest BCUT2D eigenvalue weighted by atomic mass is 9.83. The number of imide groups is 1. The summed E-state index contributed by atoms with van der Waals surface area (Å²) in [6.07, 6.45) is 6.59. The Bertz CT molecular complexity index is 295. The average molecular weight is 224 g/mol. The Balaban J connectivity index is 1.98. The maximum Gasteiger partial charge on any atom is 0.324 e. The van der Waals surface area contributed by atoms with Crippen LogP contribution in [-0.4, -0.2) is 29.9 Å². The van der Waals surface area contributed by atoms with E-state index in [1.165, 1.54) is 25.7 Å². The van der Waals surface area contributed by atoms with Crippen LogP contribution in [0.4, 0.5) is 4.79 Å². The van der Waals surface area contributed by atoms with Crippen LogP contribution in [-0.2, 0) is 4.79 Å². The normalized spacial score (nSPS) is 24.7. The summed E-state index contributed by atoms with van der Waals surface area (Å²) in [6, 6.07) is -0.198. The number of carbonyl (C=O) groups excluding carboxylic acids is 2. The van der Waals surface area contributed by atoms with Gasteiger partial charge in [-0.1, -0.05) is 19.8 Å². The third-order valence-corrected chi connectivity index (χ3v) is 4.08. The fourth-order valence-corrected chi connectivity index (χ4v) is 2.90. The van der Waals surface area contributed by atoms with E-state index in [9.17, 15) is 9.59 Å². The zero-order valence-electron chi connectivity index (χ0n) is 9.92. The molecule has 4 nitrogen and oxygen atoms in total. The van der Waals surface area contributed by atoms with E-state index in [-0.39, 0.29) is 11.9 Å². The van der Waals surface area contributed by atoms with Crippen molar-refractivity contribution in [3.8, 4) is 0 Å². The molecule has 1 aliphatic carbocycles. The van der Waals surface area contributed by atoms with Crippen molar-refractivity contribution in [3.05, 3.63) is 0 Å². The summed E-state index contributed by atoms with van der Waals surface area (Å²) < 4.78 is 0. The molecule has 1 aliphatic heterocycles. The molecule has 3 amide bonds. The first-order valence-corrected chi connectivity index (χ1v) is 6.24. The summed E-state index contributed by atoms with van der Waals surface area (Å²) in [6.45, 7) is 3.62. The second-order valence-corrected chi connectivity index (χ2v) is 5.09. The van der Waals surface area contributed by atoms with E-state index >= 15 is 0 Å². The van der Waals surface area contributed by atoms with Gasteiger partial charge in [0.15, 0.2) is 0 Å². The van der Waals surface area contributed by atoms with Crippen molar-refractivity contribution < 1.29 is 9.59 Å². The quantitative estimate of drug-likeness (QED) is 0.796. The van der Waals surface area contributed by atoms with Crippen LogP contribution in [0.15, 0.2) is 0 Å². The molecule has 2 aliphatic rings. The van der Waals surface area contributed by atoms with E-state index in [1.807, 2.05) is 4.90 Å². The Hall–Kier alpha value is -1.06. The van der Waals surface area contributed by atoms with Gasteiger partial charge < -0.3 is 4.90 Å². The predicted molar refractivity (Wildman–Crippen MR) is 60.9 cm³/mol. The number of urea groups is 1. The monoisotopic (exact) mass is 224 g/mol. The third kappa shape index (κ3) is 2.20. The molecule has 1 saturated carbocycles. The van der Waals surface area contributed by atoms with Crippen molar-refractivity contribution >= 4 is 11.9 Å². The molecule has 90 valence electrons. The molecule has 1 N–H and O–H groups in total. The number of nitrogens with zero attached hydrogens (tertiary/aromatic N) is 1. The molecule has 0 aromatic rings. The first-order valence-electron chi connectivity index (χ1n) is 6.24. The molecule has 0 aromatic heterocycles. The highest BCUT2D eigenvalue weighted by Gasteiger charge is 2.36. The Labute approximate surface area is 96.4 Å². The third-order valence-electron chi connectivity index (χ3n) is 4.08. The second-order valence-electron chi connectivity index (χ2n) is 5.09. The summed E-state index contributed by atoms with van der Waals surface area (Å²) in [5, 5.41) is 2.39. The van der Waals surface area contributed by atoms with Gasteiger partial charge in [-0.15, -0.1) is 0 Å². The molecule has 0 spiro atoms. The van der Waals surface area contributed by atoms with Crippen molar-refractivity contribution in [2.45, 2.75) is 45.4 Å². The molecule has 2 rings (SSSR count).